The Morgan fingerprint density at radius 1 is 1.30 bits per heavy atom. The molecule has 0 atom stereocenters. The van der Waals surface area contributed by atoms with Gasteiger partial charge in [-0.15, -0.1) is 11.3 Å². The zero-order valence-corrected chi connectivity index (χ0v) is 14.6. The molecule has 1 amide bonds. The van der Waals surface area contributed by atoms with Gasteiger partial charge >= 0.3 is 0 Å². The highest BCUT2D eigenvalue weighted by Crippen LogP contribution is 2.31. The topological polar surface area (TPSA) is 57.7 Å². The first-order valence-corrected chi connectivity index (χ1v) is 9.39. The molecule has 2 heterocycles. The largest absolute Gasteiger partial charge is 0.342 e. The SMILES string of the molecule is CC(=O)N1CCCN(S(=O)(=O)c2cc(Br)sc2C)CC1. The summed E-state index contributed by atoms with van der Waals surface area (Å²) in [6.45, 7) is 5.22. The average Bonchev–Trinajstić information content (AvgIpc) is 2.59. The first kappa shape index (κ1) is 15.9. The lowest BCUT2D eigenvalue weighted by Gasteiger charge is -2.20. The van der Waals surface area contributed by atoms with Crippen LogP contribution < -0.4 is 0 Å². The van der Waals surface area contributed by atoms with Gasteiger partial charge in [-0.1, -0.05) is 0 Å². The molecule has 1 saturated heterocycles. The van der Waals surface area contributed by atoms with E-state index >= 15 is 0 Å². The molecular formula is C12H17BrN2O3S2. The van der Waals surface area contributed by atoms with Crippen LogP contribution in [-0.4, -0.2) is 49.7 Å². The molecule has 0 N–H and O–H groups in total. The first-order valence-electron chi connectivity index (χ1n) is 6.34. The summed E-state index contributed by atoms with van der Waals surface area (Å²) in [6, 6.07) is 1.66. The summed E-state index contributed by atoms with van der Waals surface area (Å²) in [4.78, 5) is 14.2. The fourth-order valence-corrected chi connectivity index (χ4v) is 6.13. The van der Waals surface area contributed by atoms with Crippen LogP contribution in [0, 0.1) is 6.92 Å². The van der Waals surface area contributed by atoms with E-state index in [4.69, 9.17) is 0 Å². The van der Waals surface area contributed by atoms with Crippen molar-refractivity contribution in [2.45, 2.75) is 25.2 Å². The van der Waals surface area contributed by atoms with Crippen molar-refractivity contribution >= 4 is 43.2 Å². The number of thiophene rings is 1. The smallest absolute Gasteiger partial charge is 0.244 e. The number of carbonyl (C=O) groups excluding carboxylic acids is 1. The van der Waals surface area contributed by atoms with E-state index in [0.29, 0.717) is 37.5 Å². The zero-order chi connectivity index (χ0) is 14.9. The van der Waals surface area contributed by atoms with Gasteiger partial charge in [0.25, 0.3) is 0 Å². The fourth-order valence-electron chi connectivity index (χ4n) is 2.27. The molecule has 5 nitrogen and oxygen atoms in total. The normalized spacial score (nSPS) is 18.1. The summed E-state index contributed by atoms with van der Waals surface area (Å²) in [5.41, 5.74) is 0. The summed E-state index contributed by atoms with van der Waals surface area (Å²) in [7, 11) is -3.47. The molecule has 1 aromatic rings. The number of hydrogen-bond acceptors (Lipinski definition) is 4. The zero-order valence-electron chi connectivity index (χ0n) is 11.4. The summed E-state index contributed by atoms with van der Waals surface area (Å²) >= 11 is 4.74. The Labute approximate surface area is 131 Å². The van der Waals surface area contributed by atoms with E-state index in [1.54, 1.807) is 11.0 Å². The van der Waals surface area contributed by atoms with Crippen molar-refractivity contribution in [3.63, 3.8) is 0 Å². The summed E-state index contributed by atoms with van der Waals surface area (Å²) in [5, 5.41) is 0. The van der Waals surface area contributed by atoms with Crippen LogP contribution in [0.5, 0.6) is 0 Å². The van der Waals surface area contributed by atoms with Gasteiger partial charge in [0.15, 0.2) is 0 Å². The highest BCUT2D eigenvalue weighted by atomic mass is 79.9. The van der Waals surface area contributed by atoms with Crippen LogP contribution in [0.15, 0.2) is 14.7 Å². The van der Waals surface area contributed by atoms with E-state index in [1.807, 2.05) is 6.92 Å². The molecule has 1 aliphatic rings. The molecule has 1 aromatic heterocycles. The minimum absolute atomic E-state index is 0.00120. The van der Waals surface area contributed by atoms with Gasteiger partial charge < -0.3 is 4.90 Å². The standard InChI is InChI=1S/C12H17BrN2O3S2/c1-9-11(8-12(13)19-9)20(17,18)15-5-3-4-14(6-7-15)10(2)16/h8H,3-7H2,1-2H3. The number of hydrogen-bond donors (Lipinski definition) is 0. The second-order valence-corrected chi connectivity index (χ2v) is 9.28. The molecule has 1 aliphatic heterocycles. The molecule has 112 valence electrons. The lowest BCUT2D eigenvalue weighted by molar-refractivity contribution is -0.128. The van der Waals surface area contributed by atoms with E-state index in [2.05, 4.69) is 15.9 Å². The van der Waals surface area contributed by atoms with Crippen molar-refractivity contribution < 1.29 is 13.2 Å². The number of carbonyl (C=O) groups is 1. The summed E-state index contributed by atoms with van der Waals surface area (Å²) in [6.07, 6.45) is 0.670. The Morgan fingerprint density at radius 2 is 2.00 bits per heavy atom. The van der Waals surface area contributed by atoms with E-state index in [9.17, 15) is 13.2 Å². The van der Waals surface area contributed by atoms with Gasteiger partial charge in [0.05, 0.1) is 8.68 Å². The predicted octanol–water partition coefficient (Wildman–Crippen LogP) is 2.06. The van der Waals surface area contributed by atoms with Gasteiger partial charge in [0.2, 0.25) is 15.9 Å². The van der Waals surface area contributed by atoms with Crippen molar-refractivity contribution in [3.05, 3.63) is 14.7 Å². The van der Waals surface area contributed by atoms with E-state index < -0.39 is 10.0 Å². The Morgan fingerprint density at radius 3 is 2.55 bits per heavy atom. The number of rotatable bonds is 2. The third kappa shape index (κ3) is 3.24. The van der Waals surface area contributed by atoms with Crippen LogP contribution >= 0.6 is 27.3 Å². The highest BCUT2D eigenvalue weighted by Gasteiger charge is 2.29. The third-order valence-electron chi connectivity index (χ3n) is 3.36. The van der Waals surface area contributed by atoms with Crippen LogP contribution in [0.1, 0.15) is 18.2 Å². The van der Waals surface area contributed by atoms with Crippen molar-refractivity contribution in [3.8, 4) is 0 Å². The minimum atomic E-state index is -3.47. The van der Waals surface area contributed by atoms with Crippen LogP contribution in [0.3, 0.4) is 0 Å². The lowest BCUT2D eigenvalue weighted by Crippen LogP contribution is -2.36. The van der Waals surface area contributed by atoms with E-state index in [0.717, 1.165) is 8.66 Å². The lowest BCUT2D eigenvalue weighted by atomic mass is 10.4. The number of aryl methyl sites for hydroxylation is 1. The molecule has 20 heavy (non-hydrogen) atoms. The number of amides is 1. The Kier molecular flexibility index (Phi) is 4.88. The molecule has 1 fully saturated rings. The molecule has 0 saturated carbocycles. The Bertz CT molecular complexity index is 612. The van der Waals surface area contributed by atoms with Gasteiger partial charge in [-0.25, -0.2) is 8.42 Å². The van der Waals surface area contributed by atoms with Crippen LogP contribution in [0.2, 0.25) is 0 Å². The van der Waals surface area contributed by atoms with Crippen LogP contribution in [0.25, 0.3) is 0 Å². The fraction of sp³-hybridized carbons (Fsp3) is 0.583. The Hall–Kier alpha value is -0.440. The molecule has 2 rings (SSSR count). The Balaban J connectivity index is 2.22. The van der Waals surface area contributed by atoms with Crippen LogP contribution in [-0.2, 0) is 14.8 Å². The van der Waals surface area contributed by atoms with E-state index in [-0.39, 0.29) is 5.91 Å². The molecule has 0 aromatic carbocycles. The third-order valence-corrected chi connectivity index (χ3v) is 7.07. The quantitative estimate of drug-likeness (QED) is 0.788. The molecule has 0 radical (unpaired) electrons. The second-order valence-electron chi connectivity index (χ2n) is 4.73. The maximum atomic E-state index is 12.7. The van der Waals surface area contributed by atoms with Gasteiger partial charge in [-0.05, 0) is 35.3 Å². The summed E-state index contributed by atoms with van der Waals surface area (Å²) in [5.74, 6) is -0.00120. The van der Waals surface area contributed by atoms with Gasteiger partial charge in [-0.2, -0.15) is 4.31 Å². The molecule has 0 unspecified atom stereocenters. The van der Waals surface area contributed by atoms with Gasteiger partial charge in [-0.3, -0.25) is 4.79 Å². The number of halogens is 1. The summed E-state index contributed by atoms with van der Waals surface area (Å²) < 4.78 is 27.6. The van der Waals surface area contributed by atoms with Gasteiger partial charge in [0, 0.05) is 38.0 Å². The predicted molar refractivity (Wildman–Crippen MR) is 82.4 cm³/mol. The molecular weight excluding hydrogens is 364 g/mol. The molecule has 0 spiro atoms. The van der Waals surface area contributed by atoms with Crippen molar-refractivity contribution in [2.75, 3.05) is 26.2 Å². The first-order chi connectivity index (χ1) is 9.32. The second kappa shape index (κ2) is 6.13. The van der Waals surface area contributed by atoms with Crippen LogP contribution in [0.4, 0.5) is 0 Å². The highest BCUT2D eigenvalue weighted by molar-refractivity contribution is 9.11. The van der Waals surface area contributed by atoms with Crippen molar-refractivity contribution in [1.29, 1.82) is 0 Å². The monoisotopic (exact) mass is 380 g/mol. The maximum Gasteiger partial charge on any atom is 0.244 e. The maximum absolute atomic E-state index is 12.7. The molecule has 0 aliphatic carbocycles. The molecule has 0 bridgehead atoms. The molecule has 8 heteroatoms. The van der Waals surface area contributed by atoms with Crippen molar-refractivity contribution in [1.82, 2.24) is 9.21 Å². The van der Waals surface area contributed by atoms with Crippen molar-refractivity contribution in [2.24, 2.45) is 0 Å². The number of nitrogens with zero attached hydrogens (tertiary/aromatic N) is 2. The average molecular weight is 381 g/mol. The minimum Gasteiger partial charge on any atom is -0.342 e. The van der Waals surface area contributed by atoms with Gasteiger partial charge in [0.1, 0.15) is 0 Å². The van der Waals surface area contributed by atoms with E-state index in [1.165, 1.54) is 22.6 Å². The number of sulfonamides is 1.